The van der Waals surface area contributed by atoms with Gasteiger partial charge >= 0.3 is 5.97 Å². The largest absolute Gasteiger partial charge is 0.480 e. The van der Waals surface area contributed by atoms with E-state index >= 15 is 0 Å². The molecule has 0 radical (unpaired) electrons. The number of hydrogen-bond donors (Lipinski definition) is 2. The molecule has 136 valence electrons. The summed E-state index contributed by atoms with van der Waals surface area (Å²) >= 11 is 1.43. The minimum Gasteiger partial charge on any atom is -0.480 e. The summed E-state index contributed by atoms with van der Waals surface area (Å²) in [6.07, 6.45) is 2.66. The van der Waals surface area contributed by atoms with E-state index in [1.54, 1.807) is 0 Å². The molecule has 1 aliphatic carbocycles. The molecule has 2 aromatic rings. The first-order valence-electron chi connectivity index (χ1n) is 8.45. The number of ether oxygens (including phenoxy) is 2. The van der Waals surface area contributed by atoms with Crippen LogP contribution in [0.1, 0.15) is 25.0 Å². The predicted molar refractivity (Wildman–Crippen MR) is 94.3 cm³/mol. The molecule has 26 heavy (non-hydrogen) atoms. The summed E-state index contributed by atoms with van der Waals surface area (Å²) in [6.45, 7) is 0.216. The van der Waals surface area contributed by atoms with Crippen LogP contribution in [0.3, 0.4) is 0 Å². The molecular formula is C18H18N2O5S. The van der Waals surface area contributed by atoms with E-state index in [4.69, 9.17) is 9.47 Å². The number of fused-ring (bicyclic) bond motifs is 1. The summed E-state index contributed by atoms with van der Waals surface area (Å²) in [5, 5.41) is 14.4. The van der Waals surface area contributed by atoms with E-state index in [0.29, 0.717) is 29.5 Å². The average Bonchev–Trinajstić information content (AvgIpc) is 3.11. The van der Waals surface area contributed by atoms with Crippen LogP contribution in [0.4, 0.5) is 0 Å². The number of carboxylic acids is 1. The van der Waals surface area contributed by atoms with Gasteiger partial charge in [-0.05, 0) is 30.5 Å². The minimum atomic E-state index is -0.982. The van der Waals surface area contributed by atoms with Gasteiger partial charge in [-0.3, -0.25) is 4.79 Å². The number of nitrogens with zero attached hydrogens (tertiary/aromatic N) is 1. The first kappa shape index (κ1) is 16.8. The molecule has 8 heteroatoms. The Morgan fingerprint density at radius 1 is 1.31 bits per heavy atom. The number of carboxylic acid groups (broad SMARTS) is 1. The van der Waals surface area contributed by atoms with E-state index in [0.717, 1.165) is 23.4 Å². The van der Waals surface area contributed by atoms with Crippen LogP contribution in [0.2, 0.25) is 0 Å². The first-order valence-corrected chi connectivity index (χ1v) is 9.33. The molecule has 0 spiro atoms. The maximum Gasteiger partial charge on any atom is 0.326 e. The van der Waals surface area contributed by atoms with Crippen LogP contribution in [0, 0.1) is 5.92 Å². The Labute approximate surface area is 154 Å². The van der Waals surface area contributed by atoms with Gasteiger partial charge in [0.1, 0.15) is 11.0 Å². The number of aliphatic carboxylic acids is 1. The zero-order valence-electron chi connectivity index (χ0n) is 13.9. The Morgan fingerprint density at radius 3 is 2.88 bits per heavy atom. The molecule has 1 unspecified atom stereocenters. The SMILES string of the molecule is O=C(Cc1csc(-c2ccc3c(c2)OCO3)n1)NC(CC1CC1)C(=O)O. The molecule has 2 N–H and O–H groups in total. The number of thiazole rings is 1. The van der Waals surface area contributed by atoms with E-state index in [9.17, 15) is 14.7 Å². The van der Waals surface area contributed by atoms with Crippen molar-refractivity contribution in [3.63, 3.8) is 0 Å². The van der Waals surface area contributed by atoms with Crippen LogP contribution in [-0.4, -0.2) is 34.8 Å². The number of amides is 1. The topological polar surface area (TPSA) is 97.8 Å². The van der Waals surface area contributed by atoms with Crippen molar-refractivity contribution in [1.82, 2.24) is 10.3 Å². The van der Waals surface area contributed by atoms with Crippen LogP contribution < -0.4 is 14.8 Å². The highest BCUT2D eigenvalue weighted by molar-refractivity contribution is 7.13. The minimum absolute atomic E-state index is 0.0650. The van der Waals surface area contributed by atoms with Gasteiger partial charge in [0, 0.05) is 10.9 Å². The predicted octanol–water partition coefficient (Wildman–Crippen LogP) is 2.45. The van der Waals surface area contributed by atoms with Gasteiger partial charge in [0.25, 0.3) is 0 Å². The first-order chi connectivity index (χ1) is 12.6. The second-order valence-corrected chi connectivity index (χ2v) is 7.38. The van der Waals surface area contributed by atoms with Crippen LogP contribution in [0.25, 0.3) is 10.6 Å². The Hall–Kier alpha value is -2.61. The third-order valence-corrected chi connectivity index (χ3v) is 5.35. The molecule has 1 aliphatic heterocycles. The molecule has 1 atom stereocenters. The zero-order valence-corrected chi connectivity index (χ0v) is 14.8. The summed E-state index contributed by atoms with van der Waals surface area (Å²) in [6, 6.07) is 4.77. The van der Waals surface area contributed by atoms with Gasteiger partial charge in [-0.1, -0.05) is 12.8 Å². The van der Waals surface area contributed by atoms with E-state index < -0.39 is 12.0 Å². The lowest BCUT2D eigenvalue weighted by atomic mass is 10.1. The zero-order chi connectivity index (χ0) is 18.1. The molecule has 1 fully saturated rings. The van der Waals surface area contributed by atoms with Gasteiger partial charge in [0.05, 0.1) is 12.1 Å². The molecule has 0 bridgehead atoms. The lowest BCUT2D eigenvalue weighted by Gasteiger charge is -2.13. The maximum atomic E-state index is 12.2. The molecule has 4 rings (SSSR count). The van der Waals surface area contributed by atoms with Crippen molar-refractivity contribution in [1.29, 1.82) is 0 Å². The molecule has 1 aromatic heterocycles. The van der Waals surface area contributed by atoms with Crippen molar-refractivity contribution in [3.8, 4) is 22.1 Å². The normalized spacial score (nSPS) is 16.3. The monoisotopic (exact) mass is 374 g/mol. The molecule has 0 saturated heterocycles. The lowest BCUT2D eigenvalue weighted by molar-refractivity contribution is -0.142. The molecule has 2 heterocycles. The third-order valence-electron chi connectivity index (χ3n) is 4.41. The summed E-state index contributed by atoms with van der Waals surface area (Å²) < 4.78 is 10.7. The van der Waals surface area contributed by atoms with Gasteiger partial charge in [-0.25, -0.2) is 9.78 Å². The van der Waals surface area contributed by atoms with Crippen LogP contribution in [0.15, 0.2) is 23.6 Å². The van der Waals surface area contributed by atoms with E-state index in [1.807, 2.05) is 23.6 Å². The second kappa shape index (κ2) is 6.95. The van der Waals surface area contributed by atoms with Gasteiger partial charge < -0.3 is 19.9 Å². The van der Waals surface area contributed by atoms with Crippen molar-refractivity contribution in [3.05, 3.63) is 29.3 Å². The molecule has 7 nitrogen and oxygen atoms in total. The average molecular weight is 374 g/mol. The van der Waals surface area contributed by atoms with Crippen molar-refractivity contribution >= 4 is 23.2 Å². The number of nitrogens with one attached hydrogen (secondary N) is 1. The maximum absolute atomic E-state index is 12.2. The highest BCUT2D eigenvalue weighted by Crippen LogP contribution is 2.37. The molecule has 1 saturated carbocycles. The summed E-state index contributed by atoms with van der Waals surface area (Å²) in [5.41, 5.74) is 1.51. The molecule has 1 aromatic carbocycles. The van der Waals surface area contributed by atoms with Crippen LogP contribution in [0.5, 0.6) is 11.5 Å². The Kier molecular flexibility index (Phi) is 4.50. The van der Waals surface area contributed by atoms with Crippen molar-refractivity contribution in [2.45, 2.75) is 31.7 Å². The summed E-state index contributed by atoms with van der Waals surface area (Å²) in [4.78, 5) is 27.9. The molecular weight excluding hydrogens is 356 g/mol. The smallest absolute Gasteiger partial charge is 0.326 e. The van der Waals surface area contributed by atoms with Gasteiger partial charge in [-0.2, -0.15) is 0 Å². The highest BCUT2D eigenvalue weighted by atomic mass is 32.1. The Bertz CT molecular complexity index is 846. The Balaban J connectivity index is 1.39. The number of carbonyl (C=O) groups is 2. The molecule has 2 aliphatic rings. The summed E-state index contributed by atoms with van der Waals surface area (Å²) in [5.74, 6) is 0.514. The highest BCUT2D eigenvalue weighted by Gasteiger charge is 2.30. The quantitative estimate of drug-likeness (QED) is 0.773. The van der Waals surface area contributed by atoms with Crippen molar-refractivity contribution < 1.29 is 24.2 Å². The van der Waals surface area contributed by atoms with Gasteiger partial charge in [0.2, 0.25) is 12.7 Å². The number of carbonyl (C=O) groups excluding carboxylic acids is 1. The van der Waals surface area contributed by atoms with Gasteiger partial charge in [0.15, 0.2) is 11.5 Å². The number of benzene rings is 1. The van der Waals surface area contributed by atoms with Gasteiger partial charge in [-0.15, -0.1) is 11.3 Å². The fourth-order valence-electron chi connectivity index (χ4n) is 2.87. The standard InChI is InChI=1S/C18H18N2O5S/c21-16(20-13(18(22)23)5-10-1-2-10)7-12-8-26-17(19-12)11-3-4-14-15(6-11)25-9-24-14/h3-4,6,8,10,13H,1-2,5,7,9H2,(H,20,21)(H,22,23). The number of rotatable bonds is 7. The Morgan fingerprint density at radius 2 is 2.12 bits per heavy atom. The van der Waals surface area contributed by atoms with Crippen molar-refractivity contribution in [2.75, 3.05) is 6.79 Å². The fraction of sp³-hybridized carbons (Fsp3) is 0.389. The van der Waals surface area contributed by atoms with E-state index in [2.05, 4.69) is 10.3 Å². The number of aromatic nitrogens is 1. The van der Waals surface area contributed by atoms with Crippen molar-refractivity contribution in [2.24, 2.45) is 5.92 Å². The third kappa shape index (κ3) is 3.80. The summed E-state index contributed by atoms with van der Waals surface area (Å²) in [7, 11) is 0. The molecule has 1 amide bonds. The van der Waals surface area contributed by atoms with Crippen LogP contribution >= 0.6 is 11.3 Å². The lowest BCUT2D eigenvalue weighted by Crippen LogP contribution is -2.41. The number of hydrogen-bond acceptors (Lipinski definition) is 6. The fourth-order valence-corrected chi connectivity index (χ4v) is 3.69. The van der Waals surface area contributed by atoms with E-state index in [1.165, 1.54) is 11.3 Å². The van der Waals surface area contributed by atoms with E-state index in [-0.39, 0.29) is 19.1 Å². The second-order valence-electron chi connectivity index (χ2n) is 6.53. The van der Waals surface area contributed by atoms with Crippen LogP contribution in [-0.2, 0) is 16.0 Å².